The predicted molar refractivity (Wildman–Crippen MR) is 138 cm³/mol. The molecular weight excluding hydrogens is 474 g/mol. The molecule has 5 heteroatoms. The van der Waals surface area contributed by atoms with Crippen molar-refractivity contribution in [3.05, 3.63) is 107 Å². The molecule has 0 aliphatic carbocycles. The summed E-state index contributed by atoms with van der Waals surface area (Å²) in [6.45, 7) is 4.19. The van der Waals surface area contributed by atoms with Gasteiger partial charge < -0.3 is 5.32 Å². The summed E-state index contributed by atoms with van der Waals surface area (Å²) in [6.07, 6.45) is 6.84. The molecule has 1 unspecified atom stereocenters. The Hall–Kier alpha value is -3.18. The zero-order valence-corrected chi connectivity index (χ0v) is 20.5. The van der Waals surface area contributed by atoms with Crippen LogP contribution < -0.4 is 5.32 Å². The fourth-order valence-electron chi connectivity index (χ4n) is 3.83. The van der Waals surface area contributed by atoms with Gasteiger partial charge in [-0.2, -0.15) is 0 Å². The van der Waals surface area contributed by atoms with Crippen LogP contribution in [-0.2, 0) is 6.42 Å². The van der Waals surface area contributed by atoms with Gasteiger partial charge in [0.2, 0.25) is 0 Å². The van der Waals surface area contributed by atoms with E-state index in [4.69, 9.17) is 0 Å². The van der Waals surface area contributed by atoms with E-state index in [0.29, 0.717) is 5.69 Å². The third-order valence-corrected chi connectivity index (χ3v) is 6.37. The van der Waals surface area contributed by atoms with E-state index in [-0.39, 0.29) is 11.9 Å². The third-order valence-electron chi connectivity index (χ3n) is 5.84. The van der Waals surface area contributed by atoms with Crippen LogP contribution in [0.3, 0.4) is 0 Å². The maximum Gasteiger partial charge on any atom is 0.270 e. The van der Waals surface area contributed by atoms with E-state index in [1.165, 1.54) is 24.0 Å². The van der Waals surface area contributed by atoms with Crippen LogP contribution in [0.5, 0.6) is 0 Å². The molecule has 33 heavy (non-hydrogen) atoms. The summed E-state index contributed by atoms with van der Waals surface area (Å²) >= 11 is 3.45. The van der Waals surface area contributed by atoms with Crippen LogP contribution in [0.25, 0.3) is 16.8 Å². The Bertz CT molecular complexity index is 1200. The number of carbonyl (C=O) groups excluding carboxylic acids is 1. The molecule has 1 N–H and O–H groups in total. The Labute approximate surface area is 203 Å². The lowest BCUT2D eigenvalue weighted by molar-refractivity contribution is 0.0933. The fraction of sp³-hybridized carbons (Fsp3) is 0.214. The minimum absolute atomic E-state index is 0.114. The number of aromatic nitrogens is 2. The van der Waals surface area contributed by atoms with Crippen LogP contribution in [-0.4, -0.2) is 15.5 Å². The van der Waals surface area contributed by atoms with Crippen molar-refractivity contribution >= 4 is 21.8 Å². The molecule has 0 fully saturated rings. The summed E-state index contributed by atoms with van der Waals surface area (Å²) < 4.78 is 2.83. The molecule has 1 heterocycles. The molecule has 1 atom stereocenters. The summed E-state index contributed by atoms with van der Waals surface area (Å²) in [4.78, 5) is 17.2. The normalized spacial score (nSPS) is 11.8. The Kier molecular flexibility index (Phi) is 7.40. The smallest absolute Gasteiger partial charge is 0.270 e. The maximum atomic E-state index is 13.0. The van der Waals surface area contributed by atoms with E-state index < -0.39 is 0 Å². The van der Waals surface area contributed by atoms with Gasteiger partial charge in [-0.05, 0) is 66.3 Å². The fourth-order valence-corrected chi connectivity index (χ4v) is 4.10. The minimum atomic E-state index is -0.158. The average molecular weight is 502 g/mol. The number of halogens is 1. The number of unbranched alkanes of at least 4 members (excludes halogenated alkanes) is 1. The van der Waals surface area contributed by atoms with Crippen molar-refractivity contribution in [2.45, 2.75) is 39.2 Å². The first-order valence-corrected chi connectivity index (χ1v) is 12.1. The zero-order valence-electron chi connectivity index (χ0n) is 19.0. The number of nitrogens with zero attached hydrogens (tertiary/aromatic N) is 2. The SMILES string of the molecule is CCCCc1ccc(-c2ccc(-n3cncc3C(=O)NC(C)c3ccc(Br)cc3)cc2)cc1. The number of imidazole rings is 1. The van der Waals surface area contributed by atoms with Gasteiger partial charge in [0.25, 0.3) is 5.91 Å². The van der Waals surface area contributed by atoms with Crippen LogP contribution in [0.1, 0.15) is 54.3 Å². The topological polar surface area (TPSA) is 46.9 Å². The second kappa shape index (κ2) is 10.6. The molecule has 4 aromatic rings. The number of carbonyl (C=O) groups is 1. The van der Waals surface area contributed by atoms with Crippen molar-refractivity contribution in [3.63, 3.8) is 0 Å². The number of hydrogen-bond acceptors (Lipinski definition) is 2. The zero-order chi connectivity index (χ0) is 23.2. The van der Waals surface area contributed by atoms with Crippen LogP contribution in [0.4, 0.5) is 0 Å². The Morgan fingerprint density at radius 3 is 2.24 bits per heavy atom. The van der Waals surface area contributed by atoms with Crippen molar-refractivity contribution in [1.82, 2.24) is 14.9 Å². The Morgan fingerprint density at radius 2 is 1.61 bits per heavy atom. The highest BCUT2D eigenvalue weighted by Crippen LogP contribution is 2.23. The van der Waals surface area contributed by atoms with Gasteiger partial charge in [-0.25, -0.2) is 4.98 Å². The summed E-state index contributed by atoms with van der Waals surface area (Å²) in [5.41, 5.74) is 6.17. The molecule has 0 aliphatic rings. The van der Waals surface area contributed by atoms with Gasteiger partial charge in [0, 0.05) is 10.2 Å². The Balaban J connectivity index is 1.47. The Morgan fingerprint density at radius 1 is 0.970 bits per heavy atom. The minimum Gasteiger partial charge on any atom is -0.344 e. The second-order valence-corrected chi connectivity index (χ2v) is 9.16. The molecule has 4 rings (SSSR count). The number of benzene rings is 3. The average Bonchev–Trinajstić information content (AvgIpc) is 3.34. The van der Waals surface area contributed by atoms with Crippen molar-refractivity contribution in [1.29, 1.82) is 0 Å². The van der Waals surface area contributed by atoms with Gasteiger partial charge in [0.05, 0.1) is 18.6 Å². The summed E-state index contributed by atoms with van der Waals surface area (Å²) in [5, 5.41) is 3.07. The number of hydrogen-bond donors (Lipinski definition) is 1. The highest BCUT2D eigenvalue weighted by Gasteiger charge is 2.16. The lowest BCUT2D eigenvalue weighted by Crippen LogP contribution is -2.28. The molecule has 0 aliphatic heterocycles. The number of nitrogens with one attached hydrogen (secondary N) is 1. The molecule has 168 valence electrons. The quantitative estimate of drug-likeness (QED) is 0.279. The van der Waals surface area contributed by atoms with Crippen molar-refractivity contribution < 1.29 is 4.79 Å². The molecule has 1 aromatic heterocycles. The molecule has 3 aromatic carbocycles. The summed E-state index contributed by atoms with van der Waals surface area (Å²) in [6, 6.07) is 24.8. The molecule has 0 spiro atoms. The molecular formula is C28H28BrN3O. The van der Waals surface area contributed by atoms with E-state index in [1.807, 2.05) is 47.9 Å². The lowest BCUT2D eigenvalue weighted by atomic mass is 10.0. The molecule has 4 nitrogen and oxygen atoms in total. The number of rotatable bonds is 8. The number of amides is 1. The van der Waals surface area contributed by atoms with Gasteiger partial charge in [-0.3, -0.25) is 9.36 Å². The van der Waals surface area contributed by atoms with E-state index in [0.717, 1.165) is 27.7 Å². The van der Waals surface area contributed by atoms with Crippen LogP contribution in [0.15, 0.2) is 89.8 Å². The van der Waals surface area contributed by atoms with Crippen molar-refractivity contribution in [3.8, 4) is 16.8 Å². The van der Waals surface area contributed by atoms with E-state index in [9.17, 15) is 4.79 Å². The first-order chi connectivity index (χ1) is 16.0. The van der Waals surface area contributed by atoms with E-state index in [2.05, 4.69) is 69.6 Å². The van der Waals surface area contributed by atoms with Crippen molar-refractivity contribution in [2.75, 3.05) is 0 Å². The maximum absolute atomic E-state index is 13.0. The first kappa shape index (κ1) is 23.0. The van der Waals surface area contributed by atoms with Crippen LogP contribution >= 0.6 is 15.9 Å². The van der Waals surface area contributed by atoms with E-state index >= 15 is 0 Å². The largest absolute Gasteiger partial charge is 0.344 e. The highest BCUT2D eigenvalue weighted by molar-refractivity contribution is 9.10. The van der Waals surface area contributed by atoms with Gasteiger partial charge >= 0.3 is 0 Å². The molecule has 0 saturated carbocycles. The van der Waals surface area contributed by atoms with Crippen LogP contribution in [0, 0.1) is 0 Å². The predicted octanol–water partition coefficient (Wildman–Crippen LogP) is 7.14. The van der Waals surface area contributed by atoms with Crippen LogP contribution in [0.2, 0.25) is 0 Å². The highest BCUT2D eigenvalue weighted by atomic mass is 79.9. The first-order valence-electron chi connectivity index (χ1n) is 11.3. The van der Waals surface area contributed by atoms with Gasteiger partial charge in [0.15, 0.2) is 0 Å². The standard InChI is InChI=1S/C28H28BrN3O/c1-3-4-5-21-6-8-23(9-7-21)24-12-16-26(17-13-24)32-19-30-18-27(32)28(33)31-20(2)22-10-14-25(29)15-11-22/h6-20H,3-5H2,1-2H3,(H,31,33). The lowest BCUT2D eigenvalue weighted by Gasteiger charge is -2.15. The molecule has 1 amide bonds. The van der Waals surface area contributed by atoms with E-state index in [1.54, 1.807) is 12.5 Å². The summed E-state index contributed by atoms with van der Waals surface area (Å²) in [7, 11) is 0. The number of aryl methyl sites for hydroxylation is 1. The van der Waals surface area contributed by atoms with Gasteiger partial charge in [0.1, 0.15) is 5.69 Å². The third kappa shape index (κ3) is 5.60. The molecule has 0 bridgehead atoms. The van der Waals surface area contributed by atoms with Gasteiger partial charge in [-0.1, -0.05) is 77.8 Å². The molecule has 0 radical (unpaired) electrons. The van der Waals surface area contributed by atoms with Gasteiger partial charge in [-0.15, -0.1) is 0 Å². The van der Waals surface area contributed by atoms with Crippen molar-refractivity contribution in [2.24, 2.45) is 0 Å². The molecule has 0 saturated heterocycles. The monoisotopic (exact) mass is 501 g/mol. The summed E-state index contributed by atoms with van der Waals surface area (Å²) in [5.74, 6) is -0.158. The second-order valence-electron chi connectivity index (χ2n) is 8.24.